The molecule has 0 saturated carbocycles. The van der Waals surface area contributed by atoms with Crippen molar-refractivity contribution in [3.8, 4) is 0 Å². The van der Waals surface area contributed by atoms with E-state index in [9.17, 15) is 0 Å². The van der Waals surface area contributed by atoms with Crippen molar-refractivity contribution in [2.75, 3.05) is 0 Å². The Morgan fingerprint density at radius 2 is 0.923 bits per heavy atom. The highest BCUT2D eigenvalue weighted by atomic mass is 28.4. The van der Waals surface area contributed by atoms with Crippen LogP contribution < -0.4 is 0 Å². The first-order chi connectivity index (χ1) is 12.1. The van der Waals surface area contributed by atoms with E-state index in [2.05, 4.69) is 50.3 Å². The predicted molar refractivity (Wildman–Crippen MR) is 121 cm³/mol. The van der Waals surface area contributed by atoms with E-state index in [1.54, 1.807) is 0 Å². The summed E-state index contributed by atoms with van der Waals surface area (Å²) in [6, 6.07) is 2.41. The van der Waals surface area contributed by atoms with Crippen LogP contribution in [0.4, 0.5) is 0 Å². The lowest BCUT2D eigenvalue weighted by Crippen LogP contribution is -2.28. The second kappa shape index (κ2) is 13.5. The second-order valence-corrected chi connectivity index (χ2v) is 17.1. The molecule has 0 spiro atoms. The van der Waals surface area contributed by atoms with Gasteiger partial charge in [-0.25, -0.2) is 0 Å². The molecule has 0 N–H and O–H groups in total. The average molecular weight is 401 g/mol. The van der Waals surface area contributed by atoms with Crippen LogP contribution in [0, 0.1) is 0 Å². The Morgan fingerprint density at radius 3 is 1.23 bits per heavy atom. The molecule has 0 rings (SSSR count). The molecule has 26 heavy (non-hydrogen) atoms. The number of hydrogen-bond acceptors (Lipinski definition) is 4. The maximum Gasteiger partial charge on any atom is 0.281 e. The third-order valence-electron chi connectivity index (χ3n) is 4.73. The largest absolute Gasteiger partial charge is 0.455 e. The fourth-order valence-electron chi connectivity index (χ4n) is 2.43. The Morgan fingerprint density at radius 1 is 0.615 bits per heavy atom. The molecule has 0 amide bonds. The molecule has 4 nitrogen and oxygen atoms in total. The molecule has 0 aliphatic heterocycles. The average Bonchev–Trinajstić information content (AvgIpc) is 2.59. The third-order valence-corrected chi connectivity index (χ3v) is 9.01. The zero-order chi connectivity index (χ0) is 20.1. The second-order valence-electron chi connectivity index (χ2n) is 8.68. The molecule has 0 atom stereocenters. The maximum atomic E-state index is 5.82. The lowest BCUT2D eigenvalue weighted by atomic mass is 10.1. The first-order valence-electron chi connectivity index (χ1n) is 10.5. The summed E-state index contributed by atoms with van der Waals surface area (Å²) in [5.74, 6) is 0. The fourth-order valence-corrected chi connectivity index (χ4v) is 5.62. The normalized spacial score (nSPS) is 13.8. The molecule has 0 aliphatic rings. The number of hydrogen-bond donors (Lipinski definition) is 0. The third kappa shape index (κ3) is 14.5. The fraction of sp³-hybridized carbons (Fsp3) is 0.900. The van der Waals surface area contributed by atoms with Crippen LogP contribution in [0.25, 0.3) is 0 Å². The number of oxime groups is 2. The van der Waals surface area contributed by atoms with E-state index >= 15 is 0 Å². The summed E-state index contributed by atoms with van der Waals surface area (Å²) in [5.41, 5.74) is 2.19. The molecule has 0 aromatic heterocycles. The molecule has 0 aromatic rings. The lowest BCUT2D eigenvalue weighted by Gasteiger charge is -2.20. The molecule has 0 fully saturated rings. The van der Waals surface area contributed by atoms with Gasteiger partial charge in [-0.3, -0.25) is 0 Å². The molecule has 0 aliphatic carbocycles. The summed E-state index contributed by atoms with van der Waals surface area (Å²) in [4.78, 5) is 0. The summed E-state index contributed by atoms with van der Waals surface area (Å²) in [7, 11) is -3.23. The van der Waals surface area contributed by atoms with Crippen LogP contribution in [-0.2, 0) is 9.05 Å². The van der Waals surface area contributed by atoms with Crippen LogP contribution >= 0.6 is 0 Å². The molecule has 0 heterocycles. The van der Waals surface area contributed by atoms with Gasteiger partial charge in [0, 0.05) is 0 Å². The van der Waals surface area contributed by atoms with Crippen molar-refractivity contribution in [1.29, 1.82) is 0 Å². The van der Waals surface area contributed by atoms with Crippen LogP contribution in [0.15, 0.2) is 10.3 Å². The molecular weight excluding hydrogens is 356 g/mol. The number of nitrogens with zero attached hydrogens (tertiary/aromatic N) is 2. The van der Waals surface area contributed by atoms with Crippen LogP contribution in [0.1, 0.15) is 79.1 Å². The molecule has 0 radical (unpaired) electrons. The maximum absolute atomic E-state index is 5.82. The summed E-state index contributed by atoms with van der Waals surface area (Å²) >= 11 is 0. The van der Waals surface area contributed by atoms with Gasteiger partial charge in [0.15, 0.2) is 0 Å². The van der Waals surface area contributed by atoms with Crippen molar-refractivity contribution in [2.45, 2.75) is 117 Å². The van der Waals surface area contributed by atoms with Crippen LogP contribution in [0.3, 0.4) is 0 Å². The number of unbranched alkanes of at least 4 members (excludes halogenated alkanes) is 5. The highest BCUT2D eigenvalue weighted by Crippen LogP contribution is 2.20. The van der Waals surface area contributed by atoms with Crippen molar-refractivity contribution in [2.24, 2.45) is 10.3 Å². The van der Waals surface area contributed by atoms with E-state index in [1.807, 2.05) is 13.8 Å². The first-order valence-corrected chi connectivity index (χ1v) is 16.8. The molecule has 0 saturated heterocycles. The Kier molecular flexibility index (Phi) is 13.2. The van der Waals surface area contributed by atoms with Crippen molar-refractivity contribution in [3.05, 3.63) is 0 Å². The smallest absolute Gasteiger partial charge is 0.281 e. The van der Waals surface area contributed by atoms with Crippen LogP contribution in [0.2, 0.25) is 38.3 Å². The van der Waals surface area contributed by atoms with E-state index in [1.165, 1.54) is 50.6 Å². The van der Waals surface area contributed by atoms with E-state index in [0.717, 1.165) is 24.3 Å². The monoisotopic (exact) mass is 400 g/mol. The molecule has 154 valence electrons. The van der Waals surface area contributed by atoms with E-state index < -0.39 is 16.6 Å². The van der Waals surface area contributed by atoms with Gasteiger partial charge in [-0.05, 0) is 65.0 Å². The Hall–Kier alpha value is -0.626. The summed E-state index contributed by atoms with van der Waals surface area (Å²) in [6.45, 7) is 17.4. The molecule has 0 unspecified atom stereocenters. The molecule has 0 aromatic carbocycles. The molecule has 6 heteroatoms. The van der Waals surface area contributed by atoms with Gasteiger partial charge in [-0.2, -0.15) is 0 Å². The highest BCUT2D eigenvalue weighted by Gasteiger charge is 2.25. The molecule has 0 bridgehead atoms. The van der Waals surface area contributed by atoms with Crippen LogP contribution in [0.5, 0.6) is 0 Å². The Labute approximate surface area is 165 Å². The summed E-state index contributed by atoms with van der Waals surface area (Å²) < 4.78 is 11.6. The lowest BCUT2D eigenvalue weighted by molar-refractivity contribution is 0.326. The van der Waals surface area contributed by atoms with Gasteiger partial charge < -0.3 is 9.05 Å². The minimum Gasteiger partial charge on any atom is -0.455 e. The predicted octanol–water partition coefficient (Wildman–Crippen LogP) is 7.34. The van der Waals surface area contributed by atoms with Crippen LogP contribution in [-0.4, -0.2) is 28.1 Å². The van der Waals surface area contributed by atoms with Gasteiger partial charge in [-0.1, -0.05) is 52.4 Å². The SMILES string of the molecule is CCC(C)=NO[Si](C)(C)CCCCCCCC[Si](C)(C)ON=C(C)CC. The van der Waals surface area contributed by atoms with Gasteiger partial charge in [0.1, 0.15) is 0 Å². The minimum absolute atomic E-state index is 0.972. The van der Waals surface area contributed by atoms with Crippen molar-refractivity contribution in [1.82, 2.24) is 0 Å². The summed E-state index contributed by atoms with van der Waals surface area (Å²) in [6.07, 6.45) is 9.78. The van der Waals surface area contributed by atoms with E-state index in [4.69, 9.17) is 9.05 Å². The minimum atomic E-state index is -1.62. The quantitative estimate of drug-likeness (QED) is 0.125. The van der Waals surface area contributed by atoms with Gasteiger partial charge in [0.25, 0.3) is 16.6 Å². The Bertz CT molecular complexity index is 396. The van der Waals surface area contributed by atoms with Crippen molar-refractivity contribution >= 4 is 28.1 Å². The first kappa shape index (κ1) is 25.4. The van der Waals surface area contributed by atoms with Gasteiger partial charge in [0.05, 0.1) is 11.4 Å². The molecular formula is C20H44N2O2Si2. The van der Waals surface area contributed by atoms with Gasteiger partial charge in [-0.15, -0.1) is 10.3 Å². The van der Waals surface area contributed by atoms with E-state index in [-0.39, 0.29) is 0 Å². The van der Waals surface area contributed by atoms with Crippen molar-refractivity contribution < 1.29 is 9.05 Å². The zero-order valence-corrected chi connectivity index (χ0v) is 20.8. The standard InChI is InChI=1S/C20H44N2O2Si2/c1-9-19(3)21-23-25(5,6)17-15-13-11-12-14-16-18-26(7,8)24-22-20(4)10-2/h9-18H2,1-8H3. The topological polar surface area (TPSA) is 43.2 Å². The Balaban J connectivity index is 3.75. The van der Waals surface area contributed by atoms with Crippen molar-refractivity contribution in [3.63, 3.8) is 0 Å². The van der Waals surface area contributed by atoms with E-state index in [0.29, 0.717) is 0 Å². The zero-order valence-electron chi connectivity index (χ0n) is 18.8. The van der Waals surface area contributed by atoms with Gasteiger partial charge in [0.2, 0.25) is 0 Å². The highest BCUT2D eigenvalue weighted by molar-refractivity contribution is 6.71. The van der Waals surface area contributed by atoms with Gasteiger partial charge >= 0.3 is 0 Å². The summed E-state index contributed by atoms with van der Waals surface area (Å²) in [5, 5.41) is 8.54. The number of rotatable bonds is 15.